The predicted octanol–water partition coefficient (Wildman–Crippen LogP) is 2.07. The van der Waals surface area contributed by atoms with E-state index in [1.807, 2.05) is 20.8 Å². The zero-order chi connectivity index (χ0) is 14.5. The first-order valence-electron chi connectivity index (χ1n) is 7.06. The van der Waals surface area contributed by atoms with Gasteiger partial charge in [0, 0.05) is 0 Å². The van der Waals surface area contributed by atoms with Crippen molar-refractivity contribution in [3.05, 3.63) is 17.7 Å². The van der Waals surface area contributed by atoms with Crippen molar-refractivity contribution in [3.63, 3.8) is 0 Å². The lowest BCUT2D eigenvalue weighted by molar-refractivity contribution is -0.0588. The summed E-state index contributed by atoms with van der Waals surface area (Å²) < 4.78 is 5.49. The third-order valence-corrected chi connectivity index (χ3v) is 4.11. The molecule has 1 unspecified atom stereocenters. The van der Waals surface area contributed by atoms with Gasteiger partial charge in [-0.05, 0) is 40.0 Å². The number of nitrogens with one attached hydrogen (secondary N) is 1. The largest absolute Gasteiger partial charge is 0.444 e. The molecule has 20 heavy (non-hydrogen) atoms. The Morgan fingerprint density at radius 3 is 2.80 bits per heavy atom. The number of hydrogen-bond acceptors (Lipinski definition) is 4. The van der Waals surface area contributed by atoms with Gasteiger partial charge in [-0.1, -0.05) is 0 Å². The van der Waals surface area contributed by atoms with Crippen molar-refractivity contribution in [2.75, 3.05) is 6.54 Å². The third-order valence-electron chi connectivity index (χ3n) is 4.11. The fraction of sp³-hybridized carbons (Fsp3) is 0.714. The van der Waals surface area contributed by atoms with Crippen LogP contribution in [0.1, 0.15) is 57.5 Å². The van der Waals surface area contributed by atoms with Gasteiger partial charge in [-0.3, -0.25) is 4.90 Å². The van der Waals surface area contributed by atoms with Gasteiger partial charge < -0.3 is 14.8 Å². The Kier molecular flexibility index (Phi) is 2.83. The molecular weight excluding hydrogens is 258 g/mol. The van der Waals surface area contributed by atoms with E-state index in [4.69, 9.17) is 4.74 Å². The lowest BCUT2D eigenvalue weighted by Gasteiger charge is -2.52. The maximum absolute atomic E-state index is 12.5. The molecule has 1 saturated carbocycles. The number of H-pyrrole nitrogens is 1. The summed E-state index contributed by atoms with van der Waals surface area (Å²) in [6.07, 6.45) is 3.29. The van der Waals surface area contributed by atoms with Crippen molar-refractivity contribution in [2.24, 2.45) is 0 Å². The van der Waals surface area contributed by atoms with E-state index in [-0.39, 0.29) is 12.6 Å². The first kappa shape index (κ1) is 13.4. The van der Waals surface area contributed by atoms with Crippen LogP contribution in [0.2, 0.25) is 0 Å². The highest BCUT2D eigenvalue weighted by atomic mass is 16.6. The number of nitrogens with zero attached hydrogens (tertiary/aromatic N) is 2. The molecule has 2 N–H and O–H groups in total. The van der Waals surface area contributed by atoms with Crippen LogP contribution in [0, 0.1) is 0 Å². The van der Waals surface area contributed by atoms with Gasteiger partial charge in [0.25, 0.3) is 0 Å². The van der Waals surface area contributed by atoms with E-state index in [2.05, 4.69) is 9.97 Å². The molecule has 2 aliphatic rings. The second kappa shape index (κ2) is 4.22. The van der Waals surface area contributed by atoms with E-state index < -0.39 is 17.2 Å². The zero-order valence-electron chi connectivity index (χ0n) is 12.1. The Balaban J connectivity index is 1.94. The smallest absolute Gasteiger partial charge is 0.411 e. The highest BCUT2D eigenvalue weighted by Crippen LogP contribution is 2.51. The molecular formula is C14H21N3O3. The van der Waals surface area contributed by atoms with Crippen LogP contribution in [0.3, 0.4) is 0 Å². The van der Waals surface area contributed by atoms with Gasteiger partial charge in [-0.25, -0.2) is 9.78 Å². The van der Waals surface area contributed by atoms with E-state index in [0.29, 0.717) is 0 Å². The number of aromatic amines is 1. The average molecular weight is 279 g/mol. The third kappa shape index (κ3) is 1.90. The molecule has 0 bridgehead atoms. The summed E-state index contributed by atoms with van der Waals surface area (Å²) in [4.78, 5) is 21.5. The molecule has 0 saturated heterocycles. The van der Waals surface area contributed by atoms with Crippen molar-refractivity contribution < 1.29 is 14.6 Å². The van der Waals surface area contributed by atoms with E-state index in [1.54, 1.807) is 11.2 Å². The van der Waals surface area contributed by atoms with Crippen LogP contribution in [0.25, 0.3) is 0 Å². The van der Waals surface area contributed by atoms with Gasteiger partial charge in [-0.15, -0.1) is 0 Å². The molecule has 3 rings (SSSR count). The van der Waals surface area contributed by atoms with Crippen LogP contribution >= 0.6 is 0 Å². The quantitative estimate of drug-likeness (QED) is 0.762. The van der Waals surface area contributed by atoms with E-state index in [9.17, 15) is 9.90 Å². The Hall–Kier alpha value is -1.56. The molecule has 6 heteroatoms. The van der Waals surface area contributed by atoms with Crippen LogP contribution < -0.4 is 0 Å². The fourth-order valence-corrected chi connectivity index (χ4v) is 3.08. The van der Waals surface area contributed by atoms with Crippen LogP contribution in [0.15, 0.2) is 6.33 Å². The van der Waals surface area contributed by atoms with Gasteiger partial charge in [-0.2, -0.15) is 0 Å². The first-order chi connectivity index (χ1) is 9.33. The molecule has 0 aromatic carbocycles. The van der Waals surface area contributed by atoms with Crippen molar-refractivity contribution in [1.29, 1.82) is 0 Å². The summed E-state index contributed by atoms with van der Waals surface area (Å²) in [6, 6.07) is 0. The Bertz CT molecular complexity index is 528. The Morgan fingerprint density at radius 2 is 2.25 bits per heavy atom. The van der Waals surface area contributed by atoms with Gasteiger partial charge in [0.2, 0.25) is 0 Å². The number of aliphatic hydroxyl groups excluding tert-OH is 1. The number of aliphatic hydroxyl groups is 1. The number of hydrogen-bond donors (Lipinski definition) is 2. The number of imidazole rings is 1. The molecule has 1 aliphatic heterocycles. The van der Waals surface area contributed by atoms with E-state index >= 15 is 0 Å². The fourth-order valence-electron chi connectivity index (χ4n) is 3.08. The number of carbonyl (C=O) groups is 1. The molecule has 2 heterocycles. The van der Waals surface area contributed by atoms with Crippen LogP contribution in [0.5, 0.6) is 0 Å². The second-order valence-corrected chi connectivity index (χ2v) is 6.66. The Morgan fingerprint density at radius 1 is 1.55 bits per heavy atom. The summed E-state index contributed by atoms with van der Waals surface area (Å²) >= 11 is 0. The Labute approximate surface area is 118 Å². The summed E-state index contributed by atoms with van der Waals surface area (Å²) in [7, 11) is 0. The standard InChI is InChI=1S/C14H21N3O3/c1-13(2,3)20-12(19)17-7-9(18)10-11(16-8-15-10)14(17)5-4-6-14/h8-9,18H,4-7H2,1-3H3,(H,15,16). The SMILES string of the molecule is CC(C)(C)OC(=O)N1CC(O)c2[nH]cnc2C12CCC2. The minimum atomic E-state index is -0.730. The summed E-state index contributed by atoms with van der Waals surface area (Å²) in [6.45, 7) is 5.79. The molecule has 1 aromatic rings. The number of amides is 1. The van der Waals surface area contributed by atoms with Crippen molar-refractivity contribution >= 4 is 6.09 Å². The van der Waals surface area contributed by atoms with Crippen molar-refractivity contribution in [2.45, 2.75) is 57.3 Å². The number of aromatic nitrogens is 2. The molecule has 110 valence electrons. The number of carbonyl (C=O) groups excluding carboxylic acids is 1. The number of β-amino-alcohol motifs (C(OH)–C–C–N with tert-alkyl or cyclic N) is 1. The average Bonchev–Trinajstić information content (AvgIpc) is 2.73. The maximum atomic E-state index is 12.5. The highest BCUT2D eigenvalue weighted by Gasteiger charge is 2.54. The summed E-state index contributed by atoms with van der Waals surface area (Å²) in [5.74, 6) is 0. The molecule has 1 atom stereocenters. The predicted molar refractivity (Wildman–Crippen MR) is 72.0 cm³/mol. The second-order valence-electron chi connectivity index (χ2n) is 6.66. The van der Waals surface area contributed by atoms with E-state index in [0.717, 1.165) is 30.7 Å². The monoisotopic (exact) mass is 279 g/mol. The molecule has 1 spiro atoms. The van der Waals surface area contributed by atoms with E-state index in [1.165, 1.54) is 0 Å². The van der Waals surface area contributed by atoms with Crippen molar-refractivity contribution in [3.8, 4) is 0 Å². The lowest BCUT2D eigenvalue weighted by atomic mass is 9.70. The zero-order valence-corrected chi connectivity index (χ0v) is 12.1. The molecule has 0 radical (unpaired) electrons. The lowest BCUT2D eigenvalue weighted by Crippen LogP contribution is -2.59. The minimum absolute atomic E-state index is 0.254. The molecule has 1 aromatic heterocycles. The molecule has 6 nitrogen and oxygen atoms in total. The van der Waals surface area contributed by atoms with Crippen LogP contribution in [-0.2, 0) is 10.3 Å². The van der Waals surface area contributed by atoms with Gasteiger partial charge in [0.05, 0.1) is 29.8 Å². The van der Waals surface area contributed by atoms with Gasteiger partial charge in [0.1, 0.15) is 11.7 Å². The molecule has 1 fully saturated rings. The summed E-state index contributed by atoms with van der Waals surface area (Å²) in [5.41, 5.74) is 0.605. The molecule has 1 aliphatic carbocycles. The topological polar surface area (TPSA) is 78.5 Å². The number of ether oxygens (including phenoxy) is 1. The van der Waals surface area contributed by atoms with Crippen LogP contribution in [0.4, 0.5) is 4.79 Å². The van der Waals surface area contributed by atoms with Gasteiger partial charge in [0.15, 0.2) is 0 Å². The number of rotatable bonds is 0. The van der Waals surface area contributed by atoms with Crippen LogP contribution in [-0.4, -0.2) is 38.2 Å². The number of fused-ring (bicyclic) bond motifs is 2. The van der Waals surface area contributed by atoms with Gasteiger partial charge >= 0.3 is 6.09 Å². The molecule has 1 amide bonds. The van der Waals surface area contributed by atoms with Crippen molar-refractivity contribution in [1.82, 2.24) is 14.9 Å². The summed E-state index contributed by atoms with van der Waals surface area (Å²) in [5, 5.41) is 10.2. The highest BCUT2D eigenvalue weighted by molar-refractivity contribution is 5.70. The maximum Gasteiger partial charge on any atom is 0.411 e. The first-order valence-corrected chi connectivity index (χ1v) is 7.06. The normalized spacial score (nSPS) is 24.2. The minimum Gasteiger partial charge on any atom is -0.444 e.